The molecule has 0 aliphatic heterocycles. The van der Waals surface area contributed by atoms with Crippen molar-refractivity contribution in [2.45, 2.75) is 17.5 Å². The molecule has 0 atom stereocenters. The van der Waals surface area contributed by atoms with Crippen molar-refractivity contribution in [2.24, 2.45) is 0 Å². The third-order valence-corrected chi connectivity index (χ3v) is 4.02. The lowest BCUT2D eigenvalue weighted by atomic mass is 10.3. The maximum atomic E-state index is 12.3. The largest absolute Gasteiger partial charge is 0.406 e. The first-order valence-corrected chi connectivity index (χ1v) is 7.52. The number of halogens is 4. The second kappa shape index (κ2) is 8.51. The molecule has 0 aliphatic carbocycles. The lowest BCUT2D eigenvalue weighted by Gasteiger charge is -2.23. The van der Waals surface area contributed by atoms with E-state index in [9.17, 15) is 18.0 Å². The summed E-state index contributed by atoms with van der Waals surface area (Å²) in [5.74, 6) is -0.316. The molecule has 0 fully saturated rings. The van der Waals surface area contributed by atoms with Gasteiger partial charge >= 0.3 is 6.18 Å². The van der Waals surface area contributed by atoms with Crippen molar-refractivity contribution in [1.29, 1.82) is 0 Å². The van der Waals surface area contributed by atoms with E-state index in [2.05, 4.69) is 0 Å². The second-order valence-electron chi connectivity index (χ2n) is 4.18. The highest BCUT2D eigenvalue weighted by molar-refractivity contribution is 7.99. The van der Waals surface area contributed by atoms with Crippen LogP contribution in [0, 0.1) is 0 Å². The zero-order valence-corrected chi connectivity index (χ0v) is 12.6. The minimum atomic E-state index is -4.47. The Bertz CT molecular complexity index is 471. The van der Waals surface area contributed by atoms with Crippen LogP contribution in [0.3, 0.4) is 0 Å². The fraction of sp³-hybridized carbons (Fsp3) is 0.462. The number of rotatable bonds is 7. The first kappa shape index (κ1) is 18.1. The van der Waals surface area contributed by atoms with Gasteiger partial charge in [-0.25, -0.2) is 0 Å². The van der Waals surface area contributed by atoms with Gasteiger partial charge < -0.3 is 10.0 Å². The van der Waals surface area contributed by atoms with Crippen molar-refractivity contribution < 1.29 is 23.1 Å². The van der Waals surface area contributed by atoms with E-state index >= 15 is 0 Å². The first-order valence-electron chi connectivity index (χ1n) is 6.16. The van der Waals surface area contributed by atoms with Crippen LogP contribution in [0.15, 0.2) is 29.2 Å². The van der Waals surface area contributed by atoms with Crippen molar-refractivity contribution in [1.82, 2.24) is 4.90 Å². The predicted octanol–water partition coefficient (Wildman–Crippen LogP) is 3.21. The smallest absolute Gasteiger partial charge is 0.395 e. The fourth-order valence-electron chi connectivity index (χ4n) is 1.60. The number of aliphatic hydroxyl groups is 1. The van der Waals surface area contributed by atoms with Crippen LogP contribution in [0.1, 0.15) is 6.42 Å². The highest BCUT2D eigenvalue weighted by Gasteiger charge is 2.32. The summed E-state index contributed by atoms with van der Waals surface area (Å²) in [6.07, 6.45) is -4.52. The summed E-state index contributed by atoms with van der Waals surface area (Å²) in [4.78, 5) is 13.1. The maximum Gasteiger partial charge on any atom is 0.406 e. The molecule has 0 bridgehead atoms. The number of nitrogens with zero attached hydrogens (tertiary/aromatic N) is 1. The number of amides is 1. The minimum Gasteiger partial charge on any atom is -0.395 e. The standard InChI is InChI=1S/C13H15ClF3NO2S/c14-10-3-1-2-4-11(10)21-8-5-12(20)18(6-7-19)9-13(15,16)17/h1-4,19H,5-9H2. The van der Waals surface area contributed by atoms with E-state index in [1.165, 1.54) is 11.8 Å². The Hall–Kier alpha value is -0.920. The summed E-state index contributed by atoms with van der Waals surface area (Å²) in [6.45, 7) is -2.17. The van der Waals surface area contributed by atoms with Gasteiger partial charge in [0.1, 0.15) is 6.54 Å². The third-order valence-electron chi connectivity index (χ3n) is 2.50. The lowest BCUT2D eigenvalue weighted by Crippen LogP contribution is -2.40. The zero-order chi connectivity index (χ0) is 15.9. The first-order chi connectivity index (χ1) is 9.83. The Kier molecular flexibility index (Phi) is 7.34. The zero-order valence-electron chi connectivity index (χ0n) is 11.1. The lowest BCUT2D eigenvalue weighted by molar-refractivity contribution is -0.161. The molecule has 8 heteroatoms. The van der Waals surface area contributed by atoms with Gasteiger partial charge in [0.05, 0.1) is 11.6 Å². The molecular formula is C13H15ClF3NO2S. The van der Waals surface area contributed by atoms with Gasteiger partial charge in [0.15, 0.2) is 0 Å². The van der Waals surface area contributed by atoms with Gasteiger partial charge in [0.2, 0.25) is 5.91 Å². The van der Waals surface area contributed by atoms with Gasteiger partial charge in [-0.3, -0.25) is 4.79 Å². The summed E-state index contributed by atoms with van der Waals surface area (Å²) < 4.78 is 37.0. The van der Waals surface area contributed by atoms with E-state index in [4.69, 9.17) is 16.7 Å². The van der Waals surface area contributed by atoms with Crippen LogP contribution >= 0.6 is 23.4 Å². The number of carbonyl (C=O) groups excluding carboxylic acids is 1. The normalized spacial score (nSPS) is 11.5. The maximum absolute atomic E-state index is 12.3. The number of aliphatic hydroxyl groups excluding tert-OH is 1. The van der Waals surface area contributed by atoms with Gasteiger partial charge in [-0.15, -0.1) is 11.8 Å². The van der Waals surface area contributed by atoms with Crippen LogP contribution in [-0.2, 0) is 4.79 Å². The summed E-state index contributed by atoms with van der Waals surface area (Å²) in [5, 5.41) is 9.28. The van der Waals surface area contributed by atoms with Gasteiger partial charge in [0, 0.05) is 23.6 Å². The molecule has 3 nitrogen and oxygen atoms in total. The number of benzene rings is 1. The Morgan fingerprint density at radius 3 is 2.57 bits per heavy atom. The molecule has 0 unspecified atom stereocenters. The number of carbonyl (C=O) groups is 1. The molecule has 1 N–H and O–H groups in total. The summed E-state index contributed by atoms with van der Waals surface area (Å²) in [6, 6.07) is 7.04. The third kappa shape index (κ3) is 7.06. The molecule has 0 aromatic heterocycles. The van der Waals surface area contributed by atoms with Crippen LogP contribution in [0.25, 0.3) is 0 Å². The van der Waals surface area contributed by atoms with E-state index in [-0.39, 0.29) is 13.0 Å². The molecule has 0 heterocycles. The molecule has 0 radical (unpaired) electrons. The Balaban J connectivity index is 2.48. The highest BCUT2D eigenvalue weighted by atomic mass is 35.5. The molecule has 118 valence electrons. The van der Waals surface area contributed by atoms with E-state index in [1.54, 1.807) is 24.3 Å². The number of hydrogen-bond donors (Lipinski definition) is 1. The van der Waals surface area contributed by atoms with Gasteiger partial charge in [-0.05, 0) is 12.1 Å². The van der Waals surface area contributed by atoms with Crippen molar-refractivity contribution in [3.05, 3.63) is 29.3 Å². The van der Waals surface area contributed by atoms with Crippen molar-refractivity contribution >= 4 is 29.3 Å². The second-order valence-corrected chi connectivity index (χ2v) is 5.73. The van der Waals surface area contributed by atoms with Crippen LogP contribution in [0.2, 0.25) is 5.02 Å². The fourth-order valence-corrected chi connectivity index (χ4v) is 2.77. The average molecular weight is 342 g/mol. The molecule has 1 aromatic carbocycles. The molecule has 0 aliphatic rings. The van der Waals surface area contributed by atoms with E-state index in [1.807, 2.05) is 0 Å². The van der Waals surface area contributed by atoms with Crippen molar-refractivity contribution in [2.75, 3.05) is 25.4 Å². The van der Waals surface area contributed by atoms with E-state index in [0.717, 1.165) is 4.90 Å². The summed E-state index contributed by atoms with van der Waals surface area (Å²) in [7, 11) is 0. The molecule has 1 aromatic rings. The quantitative estimate of drug-likeness (QED) is 0.774. The molecule has 0 spiro atoms. The Morgan fingerprint density at radius 1 is 1.33 bits per heavy atom. The van der Waals surface area contributed by atoms with Crippen LogP contribution < -0.4 is 0 Å². The number of thioether (sulfide) groups is 1. The Morgan fingerprint density at radius 2 is 2.00 bits per heavy atom. The monoisotopic (exact) mass is 341 g/mol. The summed E-state index contributed by atoms with van der Waals surface area (Å²) in [5.41, 5.74) is 0. The van der Waals surface area contributed by atoms with E-state index < -0.39 is 25.2 Å². The molecule has 21 heavy (non-hydrogen) atoms. The SMILES string of the molecule is O=C(CCSc1ccccc1Cl)N(CCO)CC(F)(F)F. The van der Waals surface area contributed by atoms with Crippen LogP contribution in [0.4, 0.5) is 13.2 Å². The van der Waals surface area contributed by atoms with Crippen molar-refractivity contribution in [3.63, 3.8) is 0 Å². The number of hydrogen-bond acceptors (Lipinski definition) is 3. The summed E-state index contributed by atoms with van der Waals surface area (Å²) >= 11 is 7.25. The van der Waals surface area contributed by atoms with Crippen LogP contribution in [0.5, 0.6) is 0 Å². The van der Waals surface area contributed by atoms with E-state index in [0.29, 0.717) is 15.7 Å². The van der Waals surface area contributed by atoms with Gasteiger partial charge in [0.25, 0.3) is 0 Å². The molecule has 1 amide bonds. The predicted molar refractivity (Wildman–Crippen MR) is 76.5 cm³/mol. The average Bonchev–Trinajstić information content (AvgIpc) is 2.39. The molecule has 1 rings (SSSR count). The van der Waals surface area contributed by atoms with Gasteiger partial charge in [-0.1, -0.05) is 23.7 Å². The molecule has 0 saturated carbocycles. The van der Waals surface area contributed by atoms with Gasteiger partial charge in [-0.2, -0.15) is 13.2 Å². The Labute approximate surface area is 130 Å². The van der Waals surface area contributed by atoms with Crippen molar-refractivity contribution in [3.8, 4) is 0 Å². The highest BCUT2D eigenvalue weighted by Crippen LogP contribution is 2.27. The molecule has 0 saturated heterocycles. The number of alkyl halides is 3. The topological polar surface area (TPSA) is 40.5 Å². The molecular weight excluding hydrogens is 327 g/mol. The minimum absolute atomic E-state index is 0.0496. The van der Waals surface area contributed by atoms with Crippen LogP contribution in [-0.4, -0.2) is 47.5 Å².